The number of rotatable bonds is 29. The average Bonchev–Trinajstić information content (AvgIpc) is 3.71. The van der Waals surface area contributed by atoms with Crippen LogP contribution in [0, 0.1) is 11.8 Å². The van der Waals surface area contributed by atoms with E-state index in [1.165, 1.54) is 16.9 Å². The van der Waals surface area contributed by atoms with Crippen LogP contribution in [0.4, 0.5) is 11.5 Å². The summed E-state index contributed by atoms with van der Waals surface area (Å²) in [5.41, 5.74) is 18.2. The molecule has 4 rings (SSSR count). The van der Waals surface area contributed by atoms with Gasteiger partial charge in [-0.15, -0.1) is 0 Å². The number of unbranched alkanes of at least 4 members (excludes halogenated alkanes) is 1. The fraction of sp³-hybridized carbons (Fsp3) is 0.476. The van der Waals surface area contributed by atoms with Gasteiger partial charge < -0.3 is 71.1 Å². The largest absolute Gasteiger partial charge is 0.490 e. The lowest BCUT2D eigenvalue weighted by Gasteiger charge is -2.21. The maximum atomic E-state index is 13.4. The van der Waals surface area contributed by atoms with Crippen LogP contribution in [0.3, 0.4) is 0 Å². The van der Waals surface area contributed by atoms with Crippen LogP contribution in [-0.4, -0.2) is 124 Å². The number of nitrogens with two attached hydrogens (primary N) is 3. The molecule has 32 heteroatoms. The average molecular weight is 1140 g/mol. The lowest BCUT2D eigenvalue weighted by atomic mass is 10.0. The predicted molar refractivity (Wildman–Crippen MR) is 269 cm³/mol. The number of hydrogen-bond acceptors (Lipinski definition) is 22. The van der Waals surface area contributed by atoms with Crippen LogP contribution in [-0.2, 0) is 60.1 Å². The Morgan fingerprint density at radius 2 is 1.66 bits per heavy atom. The van der Waals surface area contributed by atoms with Crippen molar-refractivity contribution in [1.82, 2.24) is 14.9 Å². The Bertz CT molecular complexity index is 2700. The molecule has 74 heavy (non-hydrogen) atoms. The van der Waals surface area contributed by atoms with E-state index in [0.717, 1.165) is 10.8 Å². The Kier molecular flexibility index (Phi) is 24.9. The normalized spacial score (nSPS) is 17.9. The molecule has 0 saturated carbocycles. The molecule has 0 aliphatic carbocycles. The maximum Gasteiger partial charge on any atom is 0.490 e. The zero-order valence-electron chi connectivity index (χ0n) is 40.1. The molecule has 2 amide bonds. The molecular formula is C42H58N7O20P3S2. The first-order valence-corrected chi connectivity index (χ1v) is 29.4. The molecule has 1 saturated heterocycles. The van der Waals surface area contributed by atoms with Crippen molar-refractivity contribution in [3.8, 4) is 11.8 Å². The van der Waals surface area contributed by atoms with Crippen molar-refractivity contribution < 1.29 is 89.3 Å². The number of nitrogen functional groups attached to an aromatic ring is 1. The number of carbonyl (C=O) groups is 4. The molecular weight excluding hydrogens is 1080 g/mol. The van der Waals surface area contributed by atoms with Gasteiger partial charge in [0.05, 0.1) is 56.3 Å². The van der Waals surface area contributed by atoms with Crippen LogP contribution in [0.2, 0.25) is 0 Å². The molecule has 12 N–H and O–H groups in total. The highest BCUT2D eigenvalue weighted by Gasteiger charge is 2.45. The van der Waals surface area contributed by atoms with Crippen molar-refractivity contribution in [1.29, 1.82) is 0 Å². The highest BCUT2D eigenvalue weighted by atomic mass is 33.1. The lowest BCUT2D eigenvalue weighted by molar-refractivity contribution is -0.121. The minimum absolute atomic E-state index is 0.00196. The van der Waals surface area contributed by atoms with Crippen LogP contribution in [0.1, 0.15) is 94.5 Å². The van der Waals surface area contributed by atoms with E-state index in [-0.39, 0.29) is 79.5 Å². The number of nitrogens with zero attached hydrogens (tertiary/aromatic N) is 2. The zero-order chi connectivity index (χ0) is 54.6. The first-order chi connectivity index (χ1) is 34.9. The summed E-state index contributed by atoms with van der Waals surface area (Å²) in [6.07, 6.45) is -0.783. The summed E-state index contributed by atoms with van der Waals surface area (Å²) in [6.45, 7) is 3.35. The van der Waals surface area contributed by atoms with Gasteiger partial charge in [0.25, 0.3) is 0 Å². The van der Waals surface area contributed by atoms with Gasteiger partial charge in [0.2, 0.25) is 11.8 Å². The molecule has 0 bridgehead atoms. The molecule has 3 aromatic rings. The molecule has 1 aliphatic rings. The molecule has 2 heterocycles. The number of benzene rings is 2. The number of aromatic nitrogens is 2. The van der Waals surface area contributed by atoms with E-state index >= 15 is 0 Å². The van der Waals surface area contributed by atoms with Gasteiger partial charge in [0, 0.05) is 42.6 Å². The molecule has 0 radical (unpaired) electrons. The minimum atomic E-state index is -5.89. The number of hydrogen-bond donors (Lipinski definition) is 9. The second kappa shape index (κ2) is 29.7. The van der Waals surface area contributed by atoms with Gasteiger partial charge in [-0.3, -0.25) is 18.7 Å². The van der Waals surface area contributed by atoms with Crippen LogP contribution in [0.15, 0.2) is 53.5 Å². The third-order valence-electron chi connectivity index (χ3n) is 9.95. The Labute approximate surface area is 432 Å². The van der Waals surface area contributed by atoms with E-state index in [0.29, 0.717) is 42.8 Å². The van der Waals surface area contributed by atoms with E-state index in [4.69, 9.17) is 55.2 Å². The Balaban J connectivity index is 1.35. The zero-order valence-corrected chi connectivity index (χ0v) is 44.4. The number of amides is 2. The summed E-state index contributed by atoms with van der Waals surface area (Å²) in [5.74, 6) is 2.76. The molecule has 408 valence electrons. The van der Waals surface area contributed by atoms with E-state index < -0.39 is 78.1 Å². The minimum Gasteiger partial charge on any atom is -0.462 e. The topological polar surface area (TPSA) is 411 Å². The Hall–Kier alpha value is -4.53. The predicted octanol–water partition coefficient (Wildman–Crippen LogP) is 3.20. The van der Waals surface area contributed by atoms with Crippen molar-refractivity contribution in [2.24, 2.45) is 11.5 Å². The van der Waals surface area contributed by atoms with Crippen LogP contribution >= 0.6 is 45.1 Å². The van der Waals surface area contributed by atoms with E-state index in [2.05, 4.69) is 36.1 Å². The second-order valence-electron chi connectivity index (χ2n) is 15.7. The summed E-state index contributed by atoms with van der Waals surface area (Å²) in [7, 11) is -14.2. The Morgan fingerprint density at radius 3 is 2.36 bits per heavy atom. The maximum absolute atomic E-state index is 13.4. The SMILES string of the molecule is CSSC(C)c1ccc(NC(=O)COCCOCCN)cc1C(=O)OCCCCC(=O)NCC#Cc1cn([C@H]2C[C@@H](OC(=O)c3ccccc3C(C)N)C(COP(=O)(O)OP(=O)(O)OP(=O)(O)O)O2)c(=O)nc1N. The summed E-state index contributed by atoms with van der Waals surface area (Å²) in [5, 5.41) is 5.25. The van der Waals surface area contributed by atoms with Crippen molar-refractivity contribution in [3.05, 3.63) is 87.0 Å². The molecule has 5 unspecified atom stereocenters. The van der Waals surface area contributed by atoms with Gasteiger partial charge in [0.15, 0.2) is 0 Å². The molecule has 2 aromatic carbocycles. The van der Waals surface area contributed by atoms with Crippen LogP contribution < -0.4 is 33.5 Å². The van der Waals surface area contributed by atoms with Crippen LogP contribution in [0.25, 0.3) is 0 Å². The summed E-state index contributed by atoms with van der Waals surface area (Å²) in [6, 6.07) is 10.5. The van der Waals surface area contributed by atoms with E-state index in [1.807, 2.05) is 13.2 Å². The third kappa shape index (κ3) is 20.9. The number of esters is 2. The van der Waals surface area contributed by atoms with Gasteiger partial charge in [-0.05, 0) is 62.3 Å². The van der Waals surface area contributed by atoms with Gasteiger partial charge in [-0.2, -0.15) is 13.6 Å². The second-order valence-corrected chi connectivity index (χ2v) is 22.9. The number of nitrogens with one attached hydrogen (secondary N) is 2. The fourth-order valence-corrected chi connectivity index (χ4v) is 11.5. The summed E-state index contributed by atoms with van der Waals surface area (Å²) >= 11 is 0. The van der Waals surface area contributed by atoms with Gasteiger partial charge in [-0.1, -0.05) is 57.7 Å². The van der Waals surface area contributed by atoms with Crippen molar-refractivity contribution in [2.45, 2.75) is 69.3 Å². The van der Waals surface area contributed by atoms with Crippen molar-refractivity contribution >= 4 is 80.3 Å². The molecule has 27 nitrogen and oxygen atoms in total. The number of phosphoric ester groups is 1. The van der Waals surface area contributed by atoms with E-state index in [9.17, 15) is 47.5 Å². The van der Waals surface area contributed by atoms with E-state index in [1.54, 1.807) is 54.1 Å². The number of anilines is 2. The summed E-state index contributed by atoms with van der Waals surface area (Å²) in [4.78, 5) is 106. The lowest BCUT2D eigenvalue weighted by Crippen LogP contribution is -2.31. The smallest absolute Gasteiger partial charge is 0.462 e. The Morgan fingerprint density at radius 1 is 0.932 bits per heavy atom. The third-order valence-corrected chi connectivity index (χ3v) is 15.9. The molecule has 7 atom stereocenters. The number of phosphoric acid groups is 3. The standard InChI is InChI=1S/C42H58N7O20P3S2/c1-26(44)30-10-4-5-11-32(30)41(53)67-34-22-38(66-35(34)24-65-71(58,59)69-72(60,61)68-70(55,56)57)49-23-28(39(45)48-42(49)54)9-8-16-46-36(50)12-6-7-17-64-40(52)33-21-29(13-14-31(33)27(2)74-73-3)47-37(51)25-63-20-19-62-18-15-43/h4-5,10-11,13-14,21,23,26-27,34-35,38H,6-7,12,15-20,22,24-25,43-44H2,1-3H3,(H,46,50)(H,47,51)(H,58,59)(H,60,61)(H2,45,48,54)(H2,55,56,57)/t26?,27?,34-,35?,38-/m1/s1. The molecule has 1 aromatic heterocycles. The van der Waals surface area contributed by atoms with Gasteiger partial charge >= 0.3 is 41.1 Å². The number of carbonyl (C=O) groups excluding carboxylic acids is 4. The van der Waals surface area contributed by atoms with Crippen LogP contribution in [0.5, 0.6) is 0 Å². The fourth-order valence-electron chi connectivity index (χ4n) is 6.71. The molecule has 1 fully saturated rings. The quantitative estimate of drug-likeness (QED) is 0.0158. The molecule has 1 aliphatic heterocycles. The number of ether oxygens (including phenoxy) is 5. The highest BCUT2D eigenvalue weighted by molar-refractivity contribution is 8.76. The molecule has 0 spiro atoms. The van der Waals surface area contributed by atoms with Crippen molar-refractivity contribution in [3.63, 3.8) is 0 Å². The summed E-state index contributed by atoms with van der Waals surface area (Å²) < 4.78 is 76.4. The highest BCUT2D eigenvalue weighted by Crippen LogP contribution is 2.66. The monoisotopic (exact) mass is 1140 g/mol. The first kappa shape index (κ1) is 62.0. The van der Waals surface area contributed by atoms with Gasteiger partial charge in [-0.25, -0.2) is 28.1 Å². The van der Waals surface area contributed by atoms with Gasteiger partial charge in [0.1, 0.15) is 30.9 Å². The van der Waals surface area contributed by atoms with Crippen molar-refractivity contribution in [2.75, 3.05) is 70.0 Å². The first-order valence-electron chi connectivity index (χ1n) is 22.2.